The van der Waals surface area contributed by atoms with Crippen molar-refractivity contribution >= 4 is 12.0 Å². The number of hydrogen-bond donors (Lipinski definition) is 3. The predicted octanol–water partition coefficient (Wildman–Crippen LogP) is 0.758. The highest BCUT2D eigenvalue weighted by atomic mass is 16.5. The highest BCUT2D eigenvalue weighted by molar-refractivity contribution is 5.85. The van der Waals surface area contributed by atoms with E-state index in [9.17, 15) is 14.7 Å². The van der Waals surface area contributed by atoms with Gasteiger partial charge in [0.1, 0.15) is 5.54 Å². The second kappa shape index (κ2) is 6.14. The minimum atomic E-state index is -1.49. The Morgan fingerprint density at radius 1 is 1.30 bits per heavy atom. The standard InChI is InChI=1S/C13H18N2O5/c1-13(11(16)17,15-12(14)18)7-8-4-5-9(19-2)10(6-8)20-3/h4-6H,7H2,1-3H3,(H,16,17)(H3,14,15,18)/t13-/m1/s1. The number of urea groups is 1. The average Bonchev–Trinajstić information content (AvgIpc) is 2.37. The van der Waals surface area contributed by atoms with Gasteiger partial charge in [0.05, 0.1) is 14.2 Å². The molecule has 0 unspecified atom stereocenters. The van der Waals surface area contributed by atoms with Crippen LogP contribution in [-0.2, 0) is 11.2 Å². The van der Waals surface area contributed by atoms with Gasteiger partial charge in [-0.05, 0) is 24.6 Å². The number of primary amides is 1. The first-order chi connectivity index (χ1) is 9.32. The summed E-state index contributed by atoms with van der Waals surface area (Å²) in [6, 6.07) is 4.13. The molecular weight excluding hydrogens is 264 g/mol. The fourth-order valence-electron chi connectivity index (χ4n) is 1.84. The highest BCUT2D eigenvalue weighted by Crippen LogP contribution is 2.29. The predicted molar refractivity (Wildman–Crippen MR) is 72.0 cm³/mol. The summed E-state index contributed by atoms with van der Waals surface area (Å²) in [5.41, 5.74) is 4.19. The number of carbonyl (C=O) groups excluding carboxylic acids is 1. The van der Waals surface area contributed by atoms with E-state index in [2.05, 4.69) is 5.32 Å². The number of benzene rings is 1. The molecule has 7 heteroatoms. The van der Waals surface area contributed by atoms with Crippen molar-refractivity contribution in [1.82, 2.24) is 5.32 Å². The maximum absolute atomic E-state index is 11.3. The molecule has 4 N–H and O–H groups in total. The third-order valence-corrected chi connectivity index (χ3v) is 2.88. The van der Waals surface area contributed by atoms with Crippen LogP contribution in [0, 0.1) is 0 Å². The molecular formula is C13H18N2O5. The van der Waals surface area contributed by atoms with Crippen LogP contribution in [0.1, 0.15) is 12.5 Å². The molecule has 0 aliphatic heterocycles. The Balaban J connectivity index is 3.06. The third-order valence-electron chi connectivity index (χ3n) is 2.88. The zero-order valence-corrected chi connectivity index (χ0v) is 11.6. The van der Waals surface area contributed by atoms with E-state index >= 15 is 0 Å². The van der Waals surface area contributed by atoms with Crippen LogP contribution in [0.4, 0.5) is 4.79 Å². The number of carboxylic acids is 1. The van der Waals surface area contributed by atoms with Crippen LogP contribution in [0.5, 0.6) is 11.5 Å². The average molecular weight is 282 g/mol. The van der Waals surface area contributed by atoms with Crippen LogP contribution >= 0.6 is 0 Å². The highest BCUT2D eigenvalue weighted by Gasteiger charge is 2.34. The molecule has 0 radical (unpaired) electrons. The second-order valence-electron chi connectivity index (χ2n) is 4.49. The minimum Gasteiger partial charge on any atom is -0.493 e. The van der Waals surface area contributed by atoms with E-state index in [0.717, 1.165) is 0 Å². The fraction of sp³-hybridized carbons (Fsp3) is 0.385. The third kappa shape index (κ3) is 3.53. The summed E-state index contributed by atoms with van der Waals surface area (Å²) in [7, 11) is 2.99. The number of aliphatic carboxylic acids is 1. The SMILES string of the molecule is COc1ccc(C[C@@](C)(NC(N)=O)C(=O)O)cc1OC. The Bertz CT molecular complexity index is 517. The van der Waals surface area contributed by atoms with Crippen molar-refractivity contribution in [3.63, 3.8) is 0 Å². The molecule has 110 valence electrons. The van der Waals surface area contributed by atoms with Gasteiger partial charge in [-0.15, -0.1) is 0 Å². The molecule has 1 aromatic carbocycles. The lowest BCUT2D eigenvalue weighted by Crippen LogP contribution is -2.55. The number of methoxy groups -OCH3 is 2. The van der Waals surface area contributed by atoms with Crippen molar-refractivity contribution in [2.45, 2.75) is 18.9 Å². The van der Waals surface area contributed by atoms with Gasteiger partial charge in [-0.1, -0.05) is 6.07 Å². The summed E-state index contributed by atoms with van der Waals surface area (Å²) in [5.74, 6) is -0.154. The van der Waals surface area contributed by atoms with Gasteiger partial charge in [0.25, 0.3) is 0 Å². The first-order valence-corrected chi connectivity index (χ1v) is 5.84. The van der Waals surface area contributed by atoms with Crippen molar-refractivity contribution < 1.29 is 24.2 Å². The van der Waals surface area contributed by atoms with Gasteiger partial charge >= 0.3 is 12.0 Å². The van der Waals surface area contributed by atoms with Crippen LogP contribution < -0.4 is 20.5 Å². The Morgan fingerprint density at radius 2 is 1.90 bits per heavy atom. The summed E-state index contributed by atoms with van der Waals surface area (Å²) < 4.78 is 10.3. The number of ether oxygens (including phenoxy) is 2. The molecule has 0 aliphatic rings. The van der Waals surface area contributed by atoms with Crippen LogP contribution in [0.3, 0.4) is 0 Å². The van der Waals surface area contributed by atoms with Crippen molar-refractivity contribution in [3.8, 4) is 11.5 Å². The van der Waals surface area contributed by atoms with Crippen LogP contribution in [0.15, 0.2) is 18.2 Å². The summed E-state index contributed by atoms with van der Waals surface area (Å²) >= 11 is 0. The Hall–Kier alpha value is -2.44. The van der Waals surface area contributed by atoms with Crippen molar-refractivity contribution in [1.29, 1.82) is 0 Å². The number of nitrogens with one attached hydrogen (secondary N) is 1. The molecule has 1 rings (SSSR count). The molecule has 2 amide bonds. The van der Waals surface area contributed by atoms with Gasteiger partial charge in [-0.2, -0.15) is 0 Å². The van der Waals surface area contributed by atoms with Crippen molar-refractivity contribution in [3.05, 3.63) is 23.8 Å². The molecule has 0 saturated heterocycles. The molecule has 0 aromatic heterocycles. The summed E-state index contributed by atoms with van der Waals surface area (Å²) in [4.78, 5) is 22.2. The number of nitrogens with two attached hydrogens (primary N) is 1. The number of carbonyl (C=O) groups is 2. The molecule has 0 fully saturated rings. The van der Waals surface area contributed by atoms with Gasteiger partial charge in [0, 0.05) is 6.42 Å². The monoisotopic (exact) mass is 282 g/mol. The van der Waals surface area contributed by atoms with Gasteiger partial charge in [0.2, 0.25) is 0 Å². The lowest BCUT2D eigenvalue weighted by atomic mass is 9.92. The molecule has 0 bridgehead atoms. The van der Waals surface area contributed by atoms with Gasteiger partial charge < -0.3 is 25.6 Å². The molecule has 0 heterocycles. The zero-order valence-electron chi connectivity index (χ0n) is 11.6. The molecule has 20 heavy (non-hydrogen) atoms. The smallest absolute Gasteiger partial charge is 0.329 e. The summed E-state index contributed by atoms with van der Waals surface area (Å²) in [5, 5.41) is 11.5. The van der Waals surface area contributed by atoms with E-state index in [4.69, 9.17) is 15.2 Å². The lowest BCUT2D eigenvalue weighted by molar-refractivity contribution is -0.143. The molecule has 0 saturated carbocycles. The van der Waals surface area contributed by atoms with E-state index in [1.165, 1.54) is 21.1 Å². The molecule has 7 nitrogen and oxygen atoms in total. The minimum absolute atomic E-state index is 0.0611. The normalized spacial score (nSPS) is 13.2. The quantitative estimate of drug-likeness (QED) is 0.713. The van der Waals surface area contributed by atoms with E-state index in [0.29, 0.717) is 17.1 Å². The Kier molecular flexibility index (Phi) is 4.79. The second-order valence-corrected chi connectivity index (χ2v) is 4.49. The van der Waals surface area contributed by atoms with E-state index < -0.39 is 17.5 Å². The van der Waals surface area contributed by atoms with Crippen molar-refractivity contribution in [2.75, 3.05) is 14.2 Å². The first kappa shape index (κ1) is 15.6. The zero-order chi connectivity index (χ0) is 15.3. The number of amides is 2. The first-order valence-electron chi connectivity index (χ1n) is 5.84. The topological polar surface area (TPSA) is 111 Å². The Morgan fingerprint density at radius 3 is 2.35 bits per heavy atom. The maximum Gasteiger partial charge on any atom is 0.329 e. The van der Waals surface area contributed by atoms with E-state index in [-0.39, 0.29) is 6.42 Å². The molecule has 0 aliphatic carbocycles. The number of hydrogen-bond acceptors (Lipinski definition) is 4. The summed E-state index contributed by atoms with van der Waals surface area (Å²) in [6.45, 7) is 1.39. The van der Waals surface area contributed by atoms with E-state index in [1.807, 2.05) is 0 Å². The van der Waals surface area contributed by atoms with Crippen molar-refractivity contribution in [2.24, 2.45) is 5.73 Å². The summed E-state index contributed by atoms with van der Waals surface area (Å²) in [6.07, 6.45) is 0.0611. The largest absolute Gasteiger partial charge is 0.493 e. The van der Waals surface area contributed by atoms with E-state index in [1.54, 1.807) is 18.2 Å². The maximum atomic E-state index is 11.3. The number of rotatable bonds is 6. The van der Waals surface area contributed by atoms with Gasteiger partial charge in [-0.3, -0.25) is 0 Å². The van der Waals surface area contributed by atoms with Gasteiger partial charge in [0.15, 0.2) is 11.5 Å². The Labute approximate surface area is 116 Å². The van der Waals surface area contributed by atoms with Crippen LogP contribution in [0.2, 0.25) is 0 Å². The molecule has 1 aromatic rings. The molecule has 1 atom stereocenters. The number of carboxylic acid groups (broad SMARTS) is 1. The lowest BCUT2D eigenvalue weighted by Gasteiger charge is -2.25. The fourth-order valence-corrected chi connectivity index (χ4v) is 1.84. The van der Waals surface area contributed by atoms with Crippen LogP contribution in [-0.4, -0.2) is 36.9 Å². The van der Waals surface area contributed by atoms with Crippen LogP contribution in [0.25, 0.3) is 0 Å². The van der Waals surface area contributed by atoms with Gasteiger partial charge in [-0.25, -0.2) is 9.59 Å². The molecule has 0 spiro atoms.